The minimum atomic E-state index is 0.817. The van der Waals surface area contributed by atoms with E-state index in [-0.39, 0.29) is 0 Å². The first-order valence-electron chi connectivity index (χ1n) is 4.47. The lowest BCUT2D eigenvalue weighted by molar-refractivity contribution is 0.348. The van der Waals surface area contributed by atoms with Crippen molar-refractivity contribution < 1.29 is 0 Å². The van der Waals surface area contributed by atoms with Gasteiger partial charge in [-0.1, -0.05) is 6.92 Å². The van der Waals surface area contributed by atoms with Crippen LogP contribution >= 0.6 is 11.3 Å². The van der Waals surface area contributed by atoms with Gasteiger partial charge in [-0.25, -0.2) is 4.98 Å². The van der Waals surface area contributed by atoms with Crippen molar-refractivity contribution in [3.63, 3.8) is 0 Å². The standard InChI is InChI=1S/C8H14BN3S/c1-2-12(9)11-5-3-4-8-10-6-7-13-8/h6-7,11H,2-5H2,1H3. The van der Waals surface area contributed by atoms with Crippen molar-refractivity contribution in [3.8, 4) is 0 Å². The van der Waals surface area contributed by atoms with Crippen LogP contribution in [0.4, 0.5) is 0 Å². The Morgan fingerprint density at radius 1 is 1.69 bits per heavy atom. The van der Waals surface area contributed by atoms with Crippen molar-refractivity contribution in [3.05, 3.63) is 16.6 Å². The summed E-state index contributed by atoms with van der Waals surface area (Å²) in [5.41, 5.74) is 3.08. The summed E-state index contributed by atoms with van der Waals surface area (Å²) >= 11 is 1.70. The van der Waals surface area contributed by atoms with Crippen molar-refractivity contribution in [2.24, 2.45) is 0 Å². The number of nitrogens with one attached hydrogen (secondary N) is 1. The number of hydrogen-bond acceptors (Lipinski definition) is 4. The van der Waals surface area contributed by atoms with Gasteiger partial charge in [0.25, 0.3) is 0 Å². The highest BCUT2D eigenvalue weighted by molar-refractivity contribution is 7.09. The molecule has 1 aromatic rings. The molecular formula is C8H14BN3S. The van der Waals surface area contributed by atoms with Gasteiger partial charge in [0.2, 0.25) is 7.98 Å². The van der Waals surface area contributed by atoms with Gasteiger partial charge in [-0.2, -0.15) is 0 Å². The third kappa shape index (κ3) is 4.40. The number of aryl methyl sites for hydroxylation is 1. The molecule has 1 rings (SSSR count). The molecule has 1 heterocycles. The van der Waals surface area contributed by atoms with Crippen LogP contribution < -0.4 is 5.43 Å². The van der Waals surface area contributed by atoms with Gasteiger partial charge in [-0.05, 0) is 13.0 Å². The molecular weight excluding hydrogens is 181 g/mol. The largest absolute Gasteiger partial charge is 0.298 e. The molecule has 0 saturated carbocycles. The minimum Gasteiger partial charge on any atom is -0.298 e. The highest BCUT2D eigenvalue weighted by atomic mass is 32.1. The van der Waals surface area contributed by atoms with E-state index in [4.69, 9.17) is 7.98 Å². The molecule has 0 amide bonds. The van der Waals surface area contributed by atoms with Crippen LogP contribution in [0, 0.1) is 0 Å². The topological polar surface area (TPSA) is 28.2 Å². The molecule has 70 valence electrons. The molecule has 1 N–H and O–H groups in total. The molecule has 2 radical (unpaired) electrons. The highest BCUT2D eigenvalue weighted by Crippen LogP contribution is 2.05. The van der Waals surface area contributed by atoms with Crippen LogP contribution in [0.5, 0.6) is 0 Å². The summed E-state index contributed by atoms with van der Waals surface area (Å²) in [4.78, 5) is 5.80. The van der Waals surface area contributed by atoms with E-state index < -0.39 is 0 Å². The van der Waals surface area contributed by atoms with Gasteiger partial charge in [0.15, 0.2) is 0 Å². The molecule has 5 heteroatoms. The lowest BCUT2D eigenvalue weighted by atomic mass is 10.3. The Hall–Kier alpha value is -0.385. The van der Waals surface area contributed by atoms with E-state index in [1.165, 1.54) is 5.01 Å². The van der Waals surface area contributed by atoms with Crippen LogP contribution in [0.25, 0.3) is 0 Å². The van der Waals surface area contributed by atoms with Gasteiger partial charge in [0.05, 0.1) is 5.01 Å². The summed E-state index contributed by atoms with van der Waals surface area (Å²) in [6.07, 6.45) is 3.94. The Morgan fingerprint density at radius 3 is 3.15 bits per heavy atom. The predicted molar refractivity (Wildman–Crippen MR) is 56.6 cm³/mol. The number of hydrazine groups is 1. The fourth-order valence-corrected chi connectivity index (χ4v) is 1.61. The van der Waals surface area contributed by atoms with Crippen LogP contribution in [0.3, 0.4) is 0 Å². The Labute approximate surface area is 84.6 Å². The molecule has 0 atom stereocenters. The fraction of sp³-hybridized carbons (Fsp3) is 0.625. The van der Waals surface area contributed by atoms with E-state index in [2.05, 4.69) is 10.4 Å². The Kier molecular flexibility index (Phi) is 5.04. The third-order valence-corrected chi connectivity index (χ3v) is 2.55. The van der Waals surface area contributed by atoms with Crippen molar-refractivity contribution in [2.75, 3.05) is 13.1 Å². The maximum Gasteiger partial charge on any atom is 0.206 e. The van der Waals surface area contributed by atoms with Crippen molar-refractivity contribution in [1.29, 1.82) is 0 Å². The number of nitrogens with zero attached hydrogens (tertiary/aromatic N) is 2. The number of hydrogen-bond donors (Lipinski definition) is 1. The number of rotatable bonds is 6. The molecule has 13 heavy (non-hydrogen) atoms. The second kappa shape index (κ2) is 6.13. The number of thiazole rings is 1. The van der Waals surface area contributed by atoms with E-state index >= 15 is 0 Å². The summed E-state index contributed by atoms with van der Waals surface area (Å²) < 4.78 is 0. The maximum absolute atomic E-state index is 5.54. The fourth-order valence-electron chi connectivity index (χ4n) is 0.951. The smallest absolute Gasteiger partial charge is 0.206 e. The molecule has 0 aliphatic heterocycles. The first-order chi connectivity index (χ1) is 6.33. The minimum absolute atomic E-state index is 0.817. The first-order valence-corrected chi connectivity index (χ1v) is 5.35. The molecule has 0 bridgehead atoms. The molecule has 0 saturated heterocycles. The molecule has 0 aliphatic carbocycles. The Balaban J connectivity index is 2.02. The summed E-state index contributed by atoms with van der Waals surface area (Å²) in [5, 5.41) is 3.20. The molecule has 0 aliphatic rings. The van der Waals surface area contributed by atoms with Gasteiger partial charge in [-0.3, -0.25) is 10.3 Å². The summed E-state index contributed by atoms with van der Waals surface area (Å²) in [6, 6.07) is 0. The zero-order chi connectivity index (χ0) is 9.52. The zero-order valence-electron chi connectivity index (χ0n) is 7.86. The number of aromatic nitrogens is 1. The molecule has 0 unspecified atom stereocenters. The molecule has 0 spiro atoms. The van der Waals surface area contributed by atoms with E-state index in [0.29, 0.717) is 0 Å². The van der Waals surface area contributed by atoms with Crippen molar-refractivity contribution in [2.45, 2.75) is 19.8 Å². The van der Waals surface area contributed by atoms with Gasteiger partial charge < -0.3 is 0 Å². The Morgan fingerprint density at radius 2 is 2.54 bits per heavy atom. The van der Waals surface area contributed by atoms with Gasteiger partial charge in [0.1, 0.15) is 0 Å². The lowest BCUT2D eigenvalue weighted by Crippen LogP contribution is -2.36. The SMILES string of the molecule is [B]N(CC)NCCCc1nccs1. The monoisotopic (exact) mass is 195 g/mol. The van der Waals surface area contributed by atoms with Gasteiger partial charge >= 0.3 is 0 Å². The van der Waals surface area contributed by atoms with Crippen molar-refractivity contribution >= 4 is 19.3 Å². The molecule has 3 nitrogen and oxygen atoms in total. The second-order valence-electron chi connectivity index (χ2n) is 2.72. The highest BCUT2D eigenvalue weighted by Gasteiger charge is 1.96. The maximum atomic E-state index is 5.54. The van der Waals surface area contributed by atoms with Crippen LogP contribution in [0.1, 0.15) is 18.4 Å². The van der Waals surface area contributed by atoms with Crippen molar-refractivity contribution in [1.82, 2.24) is 15.3 Å². The predicted octanol–water partition coefficient (Wildman–Crippen LogP) is 0.986. The zero-order valence-corrected chi connectivity index (χ0v) is 8.68. The quantitative estimate of drug-likeness (QED) is 0.416. The average molecular weight is 195 g/mol. The average Bonchev–Trinajstić information content (AvgIpc) is 2.64. The molecule has 0 aromatic carbocycles. The van der Waals surface area contributed by atoms with Crippen LogP contribution in [-0.2, 0) is 6.42 Å². The van der Waals surface area contributed by atoms with Crippen LogP contribution in [0.2, 0.25) is 0 Å². The second-order valence-corrected chi connectivity index (χ2v) is 3.70. The van der Waals surface area contributed by atoms with E-state index in [0.717, 1.165) is 25.9 Å². The lowest BCUT2D eigenvalue weighted by Gasteiger charge is -2.15. The van der Waals surface area contributed by atoms with Gasteiger partial charge in [-0.15, -0.1) is 11.3 Å². The summed E-state index contributed by atoms with van der Waals surface area (Å²) in [5.74, 6) is 0. The molecule has 0 fully saturated rings. The first kappa shape index (κ1) is 10.7. The summed E-state index contributed by atoms with van der Waals surface area (Å²) in [6.45, 7) is 3.73. The van der Waals surface area contributed by atoms with E-state index in [1.807, 2.05) is 18.5 Å². The van der Waals surface area contributed by atoms with E-state index in [9.17, 15) is 0 Å². The summed E-state index contributed by atoms with van der Waals surface area (Å²) in [7, 11) is 5.54. The molecule has 1 aromatic heterocycles. The van der Waals surface area contributed by atoms with Crippen LogP contribution in [0.15, 0.2) is 11.6 Å². The van der Waals surface area contributed by atoms with E-state index in [1.54, 1.807) is 16.3 Å². The van der Waals surface area contributed by atoms with Gasteiger partial charge in [0, 0.05) is 24.5 Å². The normalized spacial score (nSPS) is 10.9. The Bertz CT molecular complexity index is 215. The third-order valence-electron chi connectivity index (χ3n) is 1.71. The van der Waals surface area contributed by atoms with Crippen LogP contribution in [-0.4, -0.2) is 31.0 Å².